The van der Waals surface area contributed by atoms with Gasteiger partial charge in [0.05, 0.1) is 6.20 Å². The van der Waals surface area contributed by atoms with E-state index in [0.717, 1.165) is 16.7 Å². The van der Waals surface area contributed by atoms with Crippen molar-refractivity contribution in [3.63, 3.8) is 0 Å². The van der Waals surface area contributed by atoms with Gasteiger partial charge in [0.2, 0.25) is 0 Å². The molecule has 3 aromatic rings. The van der Waals surface area contributed by atoms with Crippen LogP contribution in [0.25, 0.3) is 11.1 Å². The van der Waals surface area contributed by atoms with Gasteiger partial charge in [0.25, 0.3) is 0 Å². The van der Waals surface area contributed by atoms with Gasteiger partial charge in [-0.1, -0.05) is 42.5 Å². The molecule has 1 aromatic heterocycles. The van der Waals surface area contributed by atoms with Crippen LogP contribution in [0.2, 0.25) is 0 Å². The van der Waals surface area contributed by atoms with Crippen molar-refractivity contribution >= 4 is 17.6 Å². The molecular formula is C18H18N4O2. The van der Waals surface area contributed by atoms with Gasteiger partial charge in [-0.25, -0.2) is 4.79 Å². The summed E-state index contributed by atoms with van der Waals surface area (Å²) in [4.78, 5) is 12.1. The van der Waals surface area contributed by atoms with Gasteiger partial charge in [-0.15, -0.1) is 0 Å². The number of aromatic nitrogens is 2. The number of aryl methyl sites for hydroxylation is 1. The molecule has 24 heavy (non-hydrogen) atoms. The van der Waals surface area contributed by atoms with E-state index in [1.165, 1.54) is 0 Å². The number of ether oxygens (including phenoxy) is 1. The van der Waals surface area contributed by atoms with Gasteiger partial charge in [0, 0.05) is 18.3 Å². The van der Waals surface area contributed by atoms with E-state index in [1.807, 2.05) is 42.5 Å². The normalized spacial score (nSPS) is 10.4. The van der Waals surface area contributed by atoms with Crippen molar-refractivity contribution in [2.45, 2.75) is 6.61 Å². The van der Waals surface area contributed by atoms with E-state index >= 15 is 0 Å². The number of hydrogen-bond acceptors (Lipinski definition) is 4. The SMILES string of the molecule is Cn1ncc(-c2ccc(N)cc2)c1NC(=O)OCc1ccccc1. The molecule has 2 aromatic carbocycles. The predicted molar refractivity (Wildman–Crippen MR) is 93.3 cm³/mol. The van der Waals surface area contributed by atoms with E-state index in [2.05, 4.69) is 10.4 Å². The summed E-state index contributed by atoms with van der Waals surface area (Å²) in [5.74, 6) is 0.567. The molecule has 3 N–H and O–H groups in total. The Morgan fingerprint density at radius 2 is 1.88 bits per heavy atom. The maximum absolute atomic E-state index is 12.1. The lowest BCUT2D eigenvalue weighted by atomic mass is 10.1. The summed E-state index contributed by atoms with van der Waals surface area (Å²) in [6.45, 7) is 0.210. The number of hydrogen-bond donors (Lipinski definition) is 2. The molecule has 0 saturated carbocycles. The lowest BCUT2D eigenvalue weighted by molar-refractivity contribution is 0.155. The van der Waals surface area contributed by atoms with Gasteiger partial charge in [0.15, 0.2) is 0 Å². The summed E-state index contributed by atoms with van der Waals surface area (Å²) in [5.41, 5.74) is 9.03. The lowest BCUT2D eigenvalue weighted by Gasteiger charge is -2.10. The molecule has 0 saturated heterocycles. The Bertz CT molecular complexity index is 826. The average Bonchev–Trinajstić information content (AvgIpc) is 2.95. The van der Waals surface area contributed by atoms with E-state index in [9.17, 15) is 4.79 Å². The number of rotatable bonds is 4. The molecule has 122 valence electrons. The third-order valence-corrected chi connectivity index (χ3v) is 3.59. The highest BCUT2D eigenvalue weighted by molar-refractivity contribution is 5.89. The Hall–Kier alpha value is -3.28. The summed E-state index contributed by atoms with van der Waals surface area (Å²) >= 11 is 0. The minimum Gasteiger partial charge on any atom is -0.444 e. The van der Waals surface area contributed by atoms with Gasteiger partial charge >= 0.3 is 6.09 Å². The second-order valence-electron chi connectivity index (χ2n) is 5.34. The molecule has 6 heteroatoms. The van der Waals surface area contributed by atoms with Crippen LogP contribution in [-0.4, -0.2) is 15.9 Å². The number of amides is 1. The molecule has 0 unspecified atom stereocenters. The smallest absolute Gasteiger partial charge is 0.413 e. The fourth-order valence-corrected chi connectivity index (χ4v) is 2.32. The van der Waals surface area contributed by atoms with Gasteiger partial charge in [-0.3, -0.25) is 10.00 Å². The van der Waals surface area contributed by atoms with E-state index < -0.39 is 6.09 Å². The second kappa shape index (κ2) is 6.87. The third-order valence-electron chi connectivity index (χ3n) is 3.59. The van der Waals surface area contributed by atoms with Crippen LogP contribution < -0.4 is 11.1 Å². The van der Waals surface area contributed by atoms with Crippen molar-refractivity contribution in [3.05, 3.63) is 66.4 Å². The number of benzene rings is 2. The Balaban J connectivity index is 1.72. The zero-order chi connectivity index (χ0) is 16.9. The number of nitrogen functional groups attached to an aromatic ring is 1. The van der Waals surface area contributed by atoms with E-state index in [4.69, 9.17) is 10.5 Å². The predicted octanol–water partition coefficient (Wildman–Crippen LogP) is 3.42. The minimum absolute atomic E-state index is 0.210. The first kappa shape index (κ1) is 15.6. The summed E-state index contributed by atoms with van der Waals surface area (Å²) in [6.07, 6.45) is 1.16. The molecule has 6 nitrogen and oxygen atoms in total. The van der Waals surface area contributed by atoms with E-state index in [-0.39, 0.29) is 6.61 Å². The molecule has 0 aliphatic heterocycles. The molecule has 0 fully saturated rings. The highest BCUT2D eigenvalue weighted by Gasteiger charge is 2.14. The highest BCUT2D eigenvalue weighted by Crippen LogP contribution is 2.28. The molecule has 0 radical (unpaired) electrons. The maximum Gasteiger partial charge on any atom is 0.413 e. The van der Waals surface area contributed by atoms with Crippen molar-refractivity contribution in [1.29, 1.82) is 0 Å². The number of anilines is 2. The molecule has 1 heterocycles. The maximum atomic E-state index is 12.1. The largest absolute Gasteiger partial charge is 0.444 e. The monoisotopic (exact) mass is 322 g/mol. The van der Waals surface area contributed by atoms with Crippen molar-refractivity contribution in [2.75, 3.05) is 11.1 Å². The second-order valence-corrected chi connectivity index (χ2v) is 5.34. The summed E-state index contributed by atoms with van der Waals surface area (Å²) in [5, 5.41) is 6.95. The number of nitrogens with two attached hydrogens (primary N) is 1. The summed E-state index contributed by atoms with van der Waals surface area (Å²) in [7, 11) is 1.76. The number of nitrogens with one attached hydrogen (secondary N) is 1. The fraction of sp³-hybridized carbons (Fsp3) is 0.111. The van der Waals surface area contributed by atoms with Crippen molar-refractivity contribution in [3.8, 4) is 11.1 Å². The Labute approximate surface area is 139 Å². The summed E-state index contributed by atoms with van der Waals surface area (Å²) in [6, 6.07) is 16.9. The van der Waals surface area contributed by atoms with Crippen LogP contribution in [-0.2, 0) is 18.4 Å². The molecule has 3 rings (SSSR count). The number of carbonyl (C=O) groups excluding carboxylic acids is 1. The standard InChI is InChI=1S/C18H18N4O2/c1-22-17(16(11-20-22)14-7-9-15(19)10-8-14)21-18(23)24-12-13-5-3-2-4-6-13/h2-11H,12,19H2,1H3,(H,21,23). The Morgan fingerprint density at radius 1 is 1.17 bits per heavy atom. The Kier molecular flexibility index (Phi) is 4.47. The van der Waals surface area contributed by atoms with Crippen LogP contribution in [0.3, 0.4) is 0 Å². The number of carbonyl (C=O) groups is 1. The third kappa shape index (κ3) is 3.55. The molecule has 0 atom stereocenters. The van der Waals surface area contributed by atoms with Crippen LogP contribution >= 0.6 is 0 Å². The van der Waals surface area contributed by atoms with E-state index in [1.54, 1.807) is 30.1 Å². The van der Waals surface area contributed by atoms with E-state index in [0.29, 0.717) is 11.5 Å². The molecule has 1 amide bonds. The average molecular weight is 322 g/mol. The van der Waals surface area contributed by atoms with Crippen LogP contribution in [0.4, 0.5) is 16.3 Å². The Morgan fingerprint density at radius 3 is 2.58 bits per heavy atom. The van der Waals surface area contributed by atoms with Crippen molar-refractivity contribution in [1.82, 2.24) is 9.78 Å². The van der Waals surface area contributed by atoms with Crippen LogP contribution in [0.15, 0.2) is 60.8 Å². The minimum atomic E-state index is -0.529. The zero-order valence-corrected chi connectivity index (χ0v) is 13.3. The fourth-order valence-electron chi connectivity index (χ4n) is 2.32. The summed E-state index contributed by atoms with van der Waals surface area (Å²) < 4.78 is 6.85. The quantitative estimate of drug-likeness (QED) is 0.721. The van der Waals surface area contributed by atoms with Crippen LogP contribution in [0.5, 0.6) is 0 Å². The molecule has 0 aliphatic carbocycles. The molecule has 0 bridgehead atoms. The van der Waals surface area contributed by atoms with Crippen molar-refractivity contribution < 1.29 is 9.53 Å². The lowest BCUT2D eigenvalue weighted by Crippen LogP contribution is -2.16. The topological polar surface area (TPSA) is 82.2 Å². The molecule has 0 spiro atoms. The van der Waals surface area contributed by atoms with Crippen LogP contribution in [0, 0.1) is 0 Å². The van der Waals surface area contributed by atoms with Gasteiger partial charge in [-0.05, 0) is 23.3 Å². The number of nitrogens with zero attached hydrogens (tertiary/aromatic N) is 2. The first-order valence-corrected chi connectivity index (χ1v) is 7.49. The molecule has 0 aliphatic rings. The van der Waals surface area contributed by atoms with Gasteiger partial charge in [0.1, 0.15) is 12.4 Å². The van der Waals surface area contributed by atoms with Gasteiger partial charge in [-0.2, -0.15) is 5.10 Å². The van der Waals surface area contributed by atoms with Crippen LogP contribution in [0.1, 0.15) is 5.56 Å². The van der Waals surface area contributed by atoms with Crippen molar-refractivity contribution in [2.24, 2.45) is 7.05 Å². The first-order chi connectivity index (χ1) is 11.6. The van der Waals surface area contributed by atoms with Gasteiger partial charge < -0.3 is 10.5 Å². The highest BCUT2D eigenvalue weighted by atomic mass is 16.5. The molecular weight excluding hydrogens is 304 g/mol. The first-order valence-electron chi connectivity index (χ1n) is 7.49. The zero-order valence-electron chi connectivity index (χ0n) is 13.3.